The standard InChI is InChI=1S/C27H36N4O4/c32-25-10-9-23(26(33)29-25)31-16-18-12-20(7-8-21(18)27(31)34)35-24-6-2-1-5-22(24)30-14-19(15-30)17-4-3-11-28-13-17/h7-8,12,17,19,22-24,28H,1-6,9-11,13-16H2,(H,29,32,33)/t17?,22-,23?,24+/m1/s1. The normalized spacial score (nSPS) is 32.2. The molecular formula is C27H36N4O4. The highest BCUT2D eigenvalue weighted by Crippen LogP contribution is 2.36. The minimum absolute atomic E-state index is 0.139. The molecule has 1 saturated carbocycles. The van der Waals surface area contributed by atoms with Crippen LogP contribution in [0.4, 0.5) is 0 Å². The number of nitrogens with one attached hydrogen (secondary N) is 2. The fourth-order valence-corrected chi connectivity index (χ4v) is 6.83. The first kappa shape index (κ1) is 23.0. The van der Waals surface area contributed by atoms with E-state index in [9.17, 15) is 14.4 Å². The summed E-state index contributed by atoms with van der Waals surface area (Å²) in [4.78, 5) is 41.0. The molecule has 8 nitrogen and oxygen atoms in total. The van der Waals surface area contributed by atoms with Crippen LogP contribution in [-0.2, 0) is 16.1 Å². The highest BCUT2D eigenvalue weighted by Gasteiger charge is 2.42. The number of ether oxygens (including phenoxy) is 1. The average Bonchev–Trinajstić information content (AvgIpc) is 3.15. The van der Waals surface area contributed by atoms with Crippen molar-refractivity contribution in [2.45, 2.75) is 76.1 Å². The van der Waals surface area contributed by atoms with Gasteiger partial charge in [0, 0.05) is 37.7 Å². The number of likely N-dealkylation sites (tertiary alicyclic amines) is 1. The third kappa shape index (κ3) is 4.47. The SMILES string of the molecule is O=C1CCC(N2Cc3cc(O[C@H]4CCCC[C@H]4N4CC(C5CCCNC5)C4)ccc3C2=O)C(=O)N1. The molecule has 6 rings (SSSR count). The molecule has 3 saturated heterocycles. The monoisotopic (exact) mass is 480 g/mol. The Labute approximate surface area is 206 Å². The van der Waals surface area contributed by atoms with E-state index in [4.69, 9.17) is 4.74 Å². The number of fused-ring (bicyclic) bond motifs is 1. The van der Waals surface area contributed by atoms with E-state index in [1.807, 2.05) is 18.2 Å². The van der Waals surface area contributed by atoms with E-state index in [1.54, 1.807) is 4.90 Å². The van der Waals surface area contributed by atoms with E-state index < -0.39 is 6.04 Å². The van der Waals surface area contributed by atoms with Crippen LogP contribution in [-0.4, -0.2) is 71.9 Å². The Balaban J connectivity index is 1.10. The van der Waals surface area contributed by atoms with Crippen molar-refractivity contribution in [1.29, 1.82) is 0 Å². The van der Waals surface area contributed by atoms with Crippen LogP contribution in [0.1, 0.15) is 67.3 Å². The summed E-state index contributed by atoms with van der Waals surface area (Å²) in [7, 11) is 0. The van der Waals surface area contributed by atoms with Gasteiger partial charge in [-0.05, 0) is 87.2 Å². The summed E-state index contributed by atoms with van der Waals surface area (Å²) >= 11 is 0. The summed E-state index contributed by atoms with van der Waals surface area (Å²) in [5, 5.41) is 5.93. The lowest BCUT2D eigenvalue weighted by molar-refractivity contribution is -0.136. The zero-order chi connectivity index (χ0) is 23.9. The summed E-state index contributed by atoms with van der Waals surface area (Å²) in [6, 6.07) is 5.61. The largest absolute Gasteiger partial charge is 0.489 e. The highest BCUT2D eigenvalue weighted by molar-refractivity contribution is 6.05. The molecule has 1 aromatic carbocycles. The first-order chi connectivity index (χ1) is 17.1. The Bertz CT molecular complexity index is 1000. The maximum Gasteiger partial charge on any atom is 0.255 e. The van der Waals surface area contributed by atoms with Crippen LogP contribution in [0.15, 0.2) is 18.2 Å². The lowest BCUT2D eigenvalue weighted by Crippen LogP contribution is -2.60. The molecule has 0 bridgehead atoms. The Kier molecular flexibility index (Phi) is 6.26. The van der Waals surface area contributed by atoms with Gasteiger partial charge in [0.25, 0.3) is 5.91 Å². The molecule has 188 valence electrons. The predicted octanol–water partition coefficient (Wildman–Crippen LogP) is 2.07. The molecule has 0 spiro atoms. The second kappa shape index (κ2) is 9.54. The van der Waals surface area contributed by atoms with Crippen LogP contribution in [0, 0.1) is 11.8 Å². The Morgan fingerprint density at radius 2 is 1.80 bits per heavy atom. The Hall–Kier alpha value is -2.45. The van der Waals surface area contributed by atoms with Gasteiger partial charge in [-0.25, -0.2) is 0 Å². The van der Waals surface area contributed by atoms with Gasteiger partial charge in [0.1, 0.15) is 17.9 Å². The first-order valence-corrected chi connectivity index (χ1v) is 13.5. The number of carbonyl (C=O) groups is 3. The maximum absolute atomic E-state index is 13.0. The van der Waals surface area contributed by atoms with E-state index in [1.165, 1.54) is 58.3 Å². The van der Waals surface area contributed by atoms with Gasteiger partial charge in [0.2, 0.25) is 11.8 Å². The van der Waals surface area contributed by atoms with Crippen LogP contribution in [0.25, 0.3) is 0 Å². The lowest BCUT2D eigenvalue weighted by atomic mass is 9.78. The number of piperidine rings is 2. The van der Waals surface area contributed by atoms with Crippen molar-refractivity contribution >= 4 is 17.7 Å². The van der Waals surface area contributed by atoms with Crippen molar-refractivity contribution in [2.75, 3.05) is 26.2 Å². The van der Waals surface area contributed by atoms with Crippen molar-refractivity contribution in [3.63, 3.8) is 0 Å². The molecule has 0 aromatic heterocycles. The number of carbonyl (C=O) groups excluding carboxylic acids is 3. The second-order valence-corrected chi connectivity index (χ2v) is 11.0. The average molecular weight is 481 g/mol. The number of rotatable bonds is 5. The van der Waals surface area contributed by atoms with Gasteiger partial charge < -0.3 is 15.0 Å². The highest BCUT2D eigenvalue weighted by atomic mass is 16.5. The van der Waals surface area contributed by atoms with Gasteiger partial charge in [-0.3, -0.25) is 24.6 Å². The molecule has 0 radical (unpaired) electrons. The molecule has 4 atom stereocenters. The smallest absolute Gasteiger partial charge is 0.255 e. The minimum atomic E-state index is -0.585. The van der Waals surface area contributed by atoms with Crippen LogP contribution >= 0.6 is 0 Å². The number of amides is 3. The summed E-state index contributed by atoms with van der Waals surface area (Å²) in [5.41, 5.74) is 1.53. The van der Waals surface area contributed by atoms with Crippen molar-refractivity contribution in [3.8, 4) is 5.75 Å². The quantitative estimate of drug-likeness (QED) is 0.627. The number of imide groups is 1. The van der Waals surface area contributed by atoms with E-state index in [2.05, 4.69) is 15.5 Å². The second-order valence-electron chi connectivity index (χ2n) is 11.0. The molecule has 1 aromatic rings. The van der Waals surface area contributed by atoms with Gasteiger partial charge in [0.05, 0.1) is 0 Å². The number of benzene rings is 1. The number of hydrogen-bond acceptors (Lipinski definition) is 6. The van der Waals surface area contributed by atoms with Crippen molar-refractivity contribution in [1.82, 2.24) is 20.4 Å². The molecule has 2 unspecified atom stereocenters. The van der Waals surface area contributed by atoms with Gasteiger partial charge in [-0.2, -0.15) is 0 Å². The minimum Gasteiger partial charge on any atom is -0.489 e. The van der Waals surface area contributed by atoms with Crippen LogP contribution in [0.2, 0.25) is 0 Å². The first-order valence-electron chi connectivity index (χ1n) is 13.5. The Morgan fingerprint density at radius 1 is 0.943 bits per heavy atom. The van der Waals surface area contributed by atoms with E-state index >= 15 is 0 Å². The Morgan fingerprint density at radius 3 is 2.60 bits per heavy atom. The third-order valence-corrected chi connectivity index (χ3v) is 8.86. The third-order valence-electron chi connectivity index (χ3n) is 8.86. The summed E-state index contributed by atoms with van der Waals surface area (Å²) < 4.78 is 6.57. The van der Waals surface area contributed by atoms with Gasteiger partial charge in [-0.1, -0.05) is 6.42 Å². The topological polar surface area (TPSA) is 91.0 Å². The zero-order valence-electron chi connectivity index (χ0n) is 20.3. The molecule has 1 aliphatic carbocycles. The van der Waals surface area contributed by atoms with Gasteiger partial charge in [-0.15, -0.1) is 0 Å². The van der Waals surface area contributed by atoms with E-state index in [0.717, 1.165) is 29.6 Å². The molecule has 4 heterocycles. The van der Waals surface area contributed by atoms with Crippen LogP contribution in [0.3, 0.4) is 0 Å². The fourth-order valence-electron chi connectivity index (χ4n) is 6.83. The van der Waals surface area contributed by atoms with Crippen LogP contribution in [0.5, 0.6) is 5.75 Å². The summed E-state index contributed by atoms with van der Waals surface area (Å²) in [5.74, 6) is 1.67. The van der Waals surface area contributed by atoms with Gasteiger partial charge in [0.15, 0.2) is 0 Å². The summed E-state index contributed by atoms with van der Waals surface area (Å²) in [6.07, 6.45) is 8.19. The molecule has 4 aliphatic heterocycles. The molecule has 4 fully saturated rings. The van der Waals surface area contributed by atoms with E-state index in [0.29, 0.717) is 24.6 Å². The van der Waals surface area contributed by atoms with Crippen molar-refractivity contribution < 1.29 is 19.1 Å². The van der Waals surface area contributed by atoms with Crippen LogP contribution < -0.4 is 15.4 Å². The van der Waals surface area contributed by atoms with Crippen molar-refractivity contribution in [3.05, 3.63) is 29.3 Å². The number of nitrogens with zero attached hydrogens (tertiary/aromatic N) is 2. The predicted molar refractivity (Wildman–Crippen MR) is 130 cm³/mol. The zero-order valence-corrected chi connectivity index (χ0v) is 20.3. The molecular weight excluding hydrogens is 444 g/mol. The summed E-state index contributed by atoms with van der Waals surface area (Å²) in [6.45, 7) is 5.11. The fraction of sp³-hybridized carbons (Fsp3) is 0.667. The molecule has 3 amide bonds. The lowest BCUT2D eigenvalue weighted by Gasteiger charge is -2.51. The molecule has 5 aliphatic rings. The molecule has 2 N–H and O–H groups in total. The van der Waals surface area contributed by atoms with E-state index in [-0.39, 0.29) is 30.2 Å². The maximum atomic E-state index is 13.0. The molecule has 35 heavy (non-hydrogen) atoms. The van der Waals surface area contributed by atoms with Gasteiger partial charge >= 0.3 is 0 Å². The van der Waals surface area contributed by atoms with Crippen molar-refractivity contribution in [2.24, 2.45) is 11.8 Å². The molecule has 8 heteroatoms. The number of hydrogen-bond donors (Lipinski definition) is 2.